The Labute approximate surface area is 141 Å². The molecular formula is C15H16N4O2S2. The summed E-state index contributed by atoms with van der Waals surface area (Å²) >= 11 is 2.69. The normalized spacial score (nSPS) is 11.3. The molecular weight excluding hydrogens is 332 g/mol. The van der Waals surface area contributed by atoms with Gasteiger partial charge in [0, 0.05) is 5.92 Å². The number of thioether (sulfide) groups is 1. The van der Waals surface area contributed by atoms with Crippen LogP contribution >= 0.6 is 23.1 Å². The van der Waals surface area contributed by atoms with Gasteiger partial charge in [0.2, 0.25) is 11.8 Å². The van der Waals surface area contributed by atoms with E-state index in [0.717, 1.165) is 10.2 Å². The van der Waals surface area contributed by atoms with Crippen LogP contribution in [0.15, 0.2) is 27.8 Å². The lowest BCUT2D eigenvalue weighted by molar-refractivity contribution is -0.113. The predicted molar refractivity (Wildman–Crippen MR) is 92.1 cm³/mol. The van der Waals surface area contributed by atoms with Gasteiger partial charge in [-0.2, -0.15) is 0 Å². The molecule has 2 aromatic heterocycles. The molecule has 0 unspecified atom stereocenters. The van der Waals surface area contributed by atoms with Crippen molar-refractivity contribution in [2.24, 2.45) is 0 Å². The summed E-state index contributed by atoms with van der Waals surface area (Å²) in [4.78, 5) is 16.4. The van der Waals surface area contributed by atoms with Gasteiger partial charge in [-0.25, -0.2) is 4.98 Å². The third-order valence-corrected chi connectivity index (χ3v) is 4.79. The van der Waals surface area contributed by atoms with Crippen molar-refractivity contribution in [1.29, 1.82) is 0 Å². The number of carbonyl (C=O) groups is 1. The minimum atomic E-state index is -0.143. The number of hydrogen-bond acceptors (Lipinski definition) is 7. The zero-order valence-electron chi connectivity index (χ0n) is 13.0. The quantitative estimate of drug-likeness (QED) is 0.706. The monoisotopic (exact) mass is 348 g/mol. The number of amides is 1. The second-order valence-corrected chi connectivity index (χ2v) is 7.35. The molecule has 0 fully saturated rings. The van der Waals surface area contributed by atoms with E-state index in [1.54, 1.807) is 0 Å². The summed E-state index contributed by atoms with van der Waals surface area (Å²) in [6.07, 6.45) is 0. The van der Waals surface area contributed by atoms with E-state index in [4.69, 9.17) is 4.42 Å². The lowest BCUT2D eigenvalue weighted by atomic mass is 10.2. The van der Waals surface area contributed by atoms with Crippen LogP contribution in [0.3, 0.4) is 0 Å². The van der Waals surface area contributed by atoms with Gasteiger partial charge in [-0.3, -0.25) is 4.79 Å². The number of benzene rings is 1. The smallest absolute Gasteiger partial charge is 0.277 e. The molecule has 3 aromatic rings. The van der Waals surface area contributed by atoms with Gasteiger partial charge in [-0.15, -0.1) is 10.2 Å². The molecule has 0 aliphatic heterocycles. The average Bonchev–Trinajstić information content (AvgIpc) is 3.10. The van der Waals surface area contributed by atoms with Crippen LogP contribution in [0.25, 0.3) is 10.2 Å². The zero-order valence-corrected chi connectivity index (χ0v) is 14.6. The minimum absolute atomic E-state index is 0.143. The van der Waals surface area contributed by atoms with Crippen molar-refractivity contribution in [3.8, 4) is 0 Å². The van der Waals surface area contributed by atoms with Gasteiger partial charge in [0.25, 0.3) is 5.22 Å². The van der Waals surface area contributed by atoms with Crippen LogP contribution in [0, 0.1) is 6.92 Å². The highest BCUT2D eigenvalue weighted by atomic mass is 32.2. The number of thiazole rings is 1. The number of anilines is 1. The van der Waals surface area contributed by atoms with E-state index in [9.17, 15) is 4.79 Å². The van der Waals surface area contributed by atoms with E-state index in [2.05, 4.69) is 26.6 Å². The maximum absolute atomic E-state index is 12.0. The van der Waals surface area contributed by atoms with E-state index >= 15 is 0 Å². The zero-order chi connectivity index (χ0) is 16.4. The van der Waals surface area contributed by atoms with Crippen LogP contribution in [0.5, 0.6) is 0 Å². The van der Waals surface area contributed by atoms with Crippen molar-refractivity contribution in [3.63, 3.8) is 0 Å². The molecule has 0 bridgehead atoms. The van der Waals surface area contributed by atoms with Gasteiger partial charge in [0.15, 0.2) is 5.13 Å². The molecule has 0 saturated heterocycles. The molecule has 1 amide bonds. The molecule has 3 rings (SSSR count). The fraction of sp³-hybridized carbons (Fsp3) is 0.333. The number of rotatable bonds is 5. The summed E-state index contributed by atoms with van der Waals surface area (Å²) in [5.74, 6) is 0.815. The summed E-state index contributed by atoms with van der Waals surface area (Å²) in [6.45, 7) is 5.98. The summed E-state index contributed by atoms with van der Waals surface area (Å²) < 4.78 is 6.52. The number of aryl methyl sites for hydroxylation is 1. The largest absolute Gasteiger partial charge is 0.416 e. The number of nitrogens with zero attached hydrogens (tertiary/aromatic N) is 3. The fourth-order valence-electron chi connectivity index (χ4n) is 1.88. The molecule has 6 nitrogen and oxygen atoms in total. The topological polar surface area (TPSA) is 80.9 Å². The second-order valence-electron chi connectivity index (χ2n) is 5.39. The first-order chi connectivity index (χ1) is 11.0. The molecule has 1 aromatic carbocycles. The minimum Gasteiger partial charge on any atom is -0.416 e. The lowest BCUT2D eigenvalue weighted by Gasteiger charge is -1.98. The Bertz CT molecular complexity index is 841. The summed E-state index contributed by atoms with van der Waals surface area (Å²) in [7, 11) is 0. The summed E-state index contributed by atoms with van der Waals surface area (Å²) in [5, 5.41) is 11.7. The van der Waals surface area contributed by atoms with Crippen molar-refractivity contribution >= 4 is 44.4 Å². The maximum Gasteiger partial charge on any atom is 0.277 e. The van der Waals surface area contributed by atoms with Gasteiger partial charge in [-0.05, 0) is 24.6 Å². The highest BCUT2D eigenvalue weighted by molar-refractivity contribution is 7.99. The Morgan fingerprint density at radius 2 is 2.22 bits per heavy atom. The number of nitrogens with one attached hydrogen (secondary N) is 1. The van der Waals surface area contributed by atoms with E-state index in [-0.39, 0.29) is 17.6 Å². The number of fused-ring (bicyclic) bond motifs is 1. The van der Waals surface area contributed by atoms with Gasteiger partial charge in [0.05, 0.1) is 16.0 Å². The number of aromatic nitrogens is 3. The molecule has 0 saturated carbocycles. The van der Waals surface area contributed by atoms with Crippen LogP contribution in [0.2, 0.25) is 0 Å². The van der Waals surface area contributed by atoms with Crippen LogP contribution in [0.4, 0.5) is 5.13 Å². The molecule has 0 radical (unpaired) electrons. The molecule has 0 atom stereocenters. The van der Waals surface area contributed by atoms with Crippen molar-refractivity contribution in [1.82, 2.24) is 15.2 Å². The fourth-order valence-corrected chi connectivity index (χ4v) is 3.43. The van der Waals surface area contributed by atoms with E-state index < -0.39 is 0 Å². The number of carbonyl (C=O) groups excluding carboxylic acids is 1. The maximum atomic E-state index is 12.0. The highest BCUT2D eigenvalue weighted by Gasteiger charge is 2.13. The third kappa shape index (κ3) is 3.89. The Morgan fingerprint density at radius 1 is 1.39 bits per heavy atom. The standard InChI is InChI=1S/C15H16N4O2S2/c1-8(2)13-18-19-15(21-13)22-7-12(20)17-14-16-10-5-4-9(3)6-11(10)23-14/h4-6,8H,7H2,1-3H3,(H,16,17,20). The Kier molecular flexibility index (Phi) is 4.63. The Hall–Kier alpha value is -1.93. The molecule has 2 heterocycles. The first kappa shape index (κ1) is 15.9. The third-order valence-electron chi connectivity index (χ3n) is 3.03. The van der Waals surface area contributed by atoms with E-state index in [1.807, 2.05) is 32.9 Å². The molecule has 8 heteroatoms. The Balaban J connectivity index is 1.59. The van der Waals surface area contributed by atoms with E-state index in [0.29, 0.717) is 16.2 Å². The van der Waals surface area contributed by atoms with Crippen molar-refractivity contribution < 1.29 is 9.21 Å². The summed E-state index contributed by atoms with van der Waals surface area (Å²) in [6, 6.07) is 6.02. The Morgan fingerprint density at radius 3 is 2.96 bits per heavy atom. The molecule has 1 N–H and O–H groups in total. The van der Waals surface area contributed by atoms with Gasteiger partial charge < -0.3 is 9.73 Å². The molecule has 0 aliphatic carbocycles. The van der Waals surface area contributed by atoms with Gasteiger partial charge >= 0.3 is 0 Å². The second kappa shape index (κ2) is 6.67. The van der Waals surface area contributed by atoms with Gasteiger partial charge in [0.1, 0.15) is 0 Å². The van der Waals surface area contributed by atoms with E-state index in [1.165, 1.54) is 28.7 Å². The molecule has 0 aliphatic rings. The predicted octanol–water partition coefficient (Wildman–Crippen LogP) is 3.84. The molecule has 23 heavy (non-hydrogen) atoms. The number of hydrogen-bond donors (Lipinski definition) is 1. The van der Waals surface area contributed by atoms with Gasteiger partial charge in [-0.1, -0.05) is 43.0 Å². The van der Waals surface area contributed by atoms with Crippen LogP contribution in [-0.2, 0) is 4.79 Å². The lowest BCUT2D eigenvalue weighted by Crippen LogP contribution is -2.13. The van der Waals surface area contributed by atoms with Crippen molar-refractivity contribution in [2.45, 2.75) is 31.9 Å². The van der Waals surface area contributed by atoms with Crippen LogP contribution in [-0.4, -0.2) is 26.8 Å². The molecule has 120 valence electrons. The first-order valence-corrected chi connectivity index (χ1v) is 8.94. The van der Waals surface area contributed by atoms with Crippen molar-refractivity contribution in [2.75, 3.05) is 11.1 Å². The van der Waals surface area contributed by atoms with Crippen LogP contribution < -0.4 is 5.32 Å². The first-order valence-electron chi connectivity index (χ1n) is 7.14. The van der Waals surface area contributed by atoms with Crippen LogP contribution in [0.1, 0.15) is 31.2 Å². The highest BCUT2D eigenvalue weighted by Crippen LogP contribution is 2.27. The van der Waals surface area contributed by atoms with Crippen molar-refractivity contribution in [3.05, 3.63) is 29.7 Å². The average molecular weight is 348 g/mol. The summed E-state index contributed by atoms with van der Waals surface area (Å²) in [5.41, 5.74) is 2.06. The molecule has 0 spiro atoms. The SMILES string of the molecule is Cc1ccc2nc(NC(=O)CSc3nnc(C(C)C)o3)sc2c1.